The zero-order valence-electron chi connectivity index (χ0n) is 15.6. The number of aryl methyl sites for hydroxylation is 2. The van der Waals surface area contributed by atoms with Crippen molar-refractivity contribution in [3.8, 4) is 11.1 Å². The second-order valence-corrected chi connectivity index (χ2v) is 7.06. The molecule has 0 saturated carbocycles. The summed E-state index contributed by atoms with van der Waals surface area (Å²) in [6.45, 7) is 10.8. The molecule has 1 nitrogen and oxygen atoms in total. The highest BCUT2D eigenvalue weighted by molar-refractivity contribution is 5.97. The Kier molecular flexibility index (Phi) is 4.00. The van der Waals surface area contributed by atoms with Crippen molar-refractivity contribution < 1.29 is 0 Å². The number of hydrogen-bond donors (Lipinski definition) is 0. The number of rotatable bonds is 2. The maximum atomic E-state index is 4.40. The van der Waals surface area contributed by atoms with Crippen LogP contribution in [0.5, 0.6) is 0 Å². The molecule has 1 aliphatic heterocycles. The number of anilines is 1. The maximum absolute atomic E-state index is 4.40. The van der Waals surface area contributed by atoms with Gasteiger partial charge in [-0.15, -0.1) is 0 Å². The molecule has 3 aromatic carbocycles. The fraction of sp³-hybridized carbons (Fsp3) is 0.120. The number of nitrogens with zero attached hydrogens (tertiary/aromatic N) is 1. The minimum absolute atomic E-state index is 1.02. The number of hydrogen-bond acceptors (Lipinski definition) is 1. The zero-order valence-corrected chi connectivity index (χ0v) is 15.6. The number of benzene rings is 3. The van der Waals surface area contributed by atoms with E-state index in [9.17, 15) is 0 Å². The Morgan fingerprint density at radius 3 is 1.92 bits per heavy atom. The molecule has 0 spiro atoms. The van der Waals surface area contributed by atoms with Gasteiger partial charge in [-0.25, -0.2) is 0 Å². The van der Waals surface area contributed by atoms with Crippen LogP contribution < -0.4 is 4.90 Å². The summed E-state index contributed by atoms with van der Waals surface area (Å²) in [6, 6.07) is 23.8. The Hall–Kier alpha value is -3.06. The van der Waals surface area contributed by atoms with Gasteiger partial charge >= 0.3 is 0 Å². The van der Waals surface area contributed by atoms with Gasteiger partial charge in [-0.3, -0.25) is 0 Å². The largest absolute Gasteiger partial charge is 0.317 e. The van der Waals surface area contributed by atoms with E-state index in [0.29, 0.717) is 0 Å². The van der Waals surface area contributed by atoms with E-state index in [0.717, 1.165) is 11.4 Å². The van der Waals surface area contributed by atoms with E-state index in [1.807, 2.05) is 0 Å². The van der Waals surface area contributed by atoms with Gasteiger partial charge in [0.2, 0.25) is 0 Å². The number of allylic oxidation sites excluding steroid dienone is 1. The fourth-order valence-corrected chi connectivity index (χ4v) is 3.59. The van der Waals surface area contributed by atoms with E-state index in [1.165, 1.54) is 39.0 Å². The lowest BCUT2D eigenvalue weighted by molar-refractivity contribution is 1.25. The van der Waals surface area contributed by atoms with Crippen molar-refractivity contribution >= 4 is 17.0 Å². The molecule has 128 valence electrons. The van der Waals surface area contributed by atoms with E-state index < -0.39 is 0 Å². The first-order valence-electron chi connectivity index (χ1n) is 8.98. The van der Waals surface area contributed by atoms with Crippen molar-refractivity contribution in [2.75, 3.05) is 4.90 Å². The lowest BCUT2D eigenvalue weighted by atomic mass is 9.87. The Labute approximate surface area is 155 Å². The number of fused-ring (bicyclic) bond motifs is 1. The molecule has 1 aliphatic rings. The van der Waals surface area contributed by atoms with Gasteiger partial charge in [-0.1, -0.05) is 72.3 Å². The molecule has 4 rings (SSSR count). The van der Waals surface area contributed by atoms with Crippen molar-refractivity contribution in [1.82, 2.24) is 0 Å². The molecule has 0 radical (unpaired) electrons. The molecule has 0 fully saturated rings. The van der Waals surface area contributed by atoms with Gasteiger partial charge in [0, 0.05) is 23.1 Å². The molecule has 0 unspecified atom stereocenters. The third-order valence-corrected chi connectivity index (χ3v) is 5.06. The SMILES string of the molecule is C=C1c2cccc(-c3ccc(C)cc3)c2C(C)=CN1c1ccc(C)cc1. The van der Waals surface area contributed by atoms with Gasteiger partial charge < -0.3 is 4.90 Å². The fourth-order valence-electron chi connectivity index (χ4n) is 3.59. The Morgan fingerprint density at radius 1 is 0.692 bits per heavy atom. The zero-order chi connectivity index (χ0) is 18.3. The van der Waals surface area contributed by atoms with Gasteiger partial charge in [0.25, 0.3) is 0 Å². The summed E-state index contributed by atoms with van der Waals surface area (Å²) in [6.07, 6.45) is 2.20. The molecule has 3 aromatic rings. The van der Waals surface area contributed by atoms with Crippen molar-refractivity contribution in [3.63, 3.8) is 0 Å². The quantitative estimate of drug-likeness (QED) is 0.496. The van der Waals surface area contributed by atoms with Gasteiger partial charge in [-0.2, -0.15) is 0 Å². The summed E-state index contributed by atoms with van der Waals surface area (Å²) in [5.41, 5.74) is 10.9. The van der Waals surface area contributed by atoms with Crippen molar-refractivity contribution in [3.05, 3.63) is 102 Å². The lowest BCUT2D eigenvalue weighted by Crippen LogP contribution is -2.19. The van der Waals surface area contributed by atoms with E-state index in [2.05, 4.69) is 105 Å². The molecule has 0 N–H and O–H groups in total. The van der Waals surface area contributed by atoms with E-state index in [1.54, 1.807) is 0 Å². The van der Waals surface area contributed by atoms with Gasteiger partial charge in [0.1, 0.15) is 0 Å². The first-order valence-corrected chi connectivity index (χ1v) is 8.98. The van der Waals surface area contributed by atoms with Crippen LogP contribution in [0.15, 0.2) is 79.5 Å². The third-order valence-electron chi connectivity index (χ3n) is 5.06. The summed E-state index contributed by atoms with van der Waals surface area (Å²) in [5.74, 6) is 0. The second kappa shape index (κ2) is 6.34. The minimum Gasteiger partial charge on any atom is -0.317 e. The monoisotopic (exact) mass is 337 g/mol. The summed E-state index contributed by atoms with van der Waals surface area (Å²) in [7, 11) is 0. The molecule has 1 heterocycles. The minimum atomic E-state index is 1.02. The van der Waals surface area contributed by atoms with Crippen LogP contribution in [0.2, 0.25) is 0 Å². The molecule has 26 heavy (non-hydrogen) atoms. The van der Waals surface area contributed by atoms with Crippen LogP contribution in [0.4, 0.5) is 5.69 Å². The van der Waals surface area contributed by atoms with Crippen LogP contribution in [-0.4, -0.2) is 0 Å². The smallest absolute Gasteiger partial charge is 0.0462 e. The topological polar surface area (TPSA) is 3.24 Å². The van der Waals surface area contributed by atoms with Crippen molar-refractivity contribution in [2.45, 2.75) is 20.8 Å². The van der Waals surface area contributed by atoms with E-state index in [4.69, 9.17) is 0 Å². The molecule has 0 aromatic heterocycles. The van der Waals surface area contributed by atoms with Crippen LogP contribution >= 0.6 is 0 Å². The molecule has 1 heteroatoms. The van der Waals surface area contributed by atoms with Crippen LogP contribution in [0, 0.1) is 13.8 Å². The second-order valence-electron chi connectivity index (χ2n) is 7.06. The van der Waals surface area contributed by atoms with Crippen molar-refractivity contribution in [1.29, 1.82) is 0 Å². The van der Waals surface area contributed by atoms with Gasteiger partial charge in [-0.05, 0) is 55.2 Å². The molecule has 0 aliphatic carbocycles. The molecule has 0 atom stereocenters. The Balaban J connectivity index is 1.84. The molecular weight excluding hydrogens is 314 g/mol. The first-order chi connectivity index (χ1) is 12.5. The van der Waals surface area contributed by atoms with Gasteiger partial charge in [0.15, 0.2) is 0 Å². The average molecular weight is 337 g/mol. The highest BCUT2D eigenvalue weighted by Crippen LogP contribution is 2.41. The molecular formula is C25H23N. The third kappa shape index (κ3) is 2.76. The highest BCUT2D eigenvalue weighted by Gasteiger charge is 2.22. The predicted molar refractivity (Wildman–Crippen MR) is 113 cm³/mol. The molecule has 0 amide bonds. The van der Waals surface area contributed by atoms with E-state index >= 15 is 0 Å². The van der Waals surface area contributed by atoms with Crippen molar-refractivity contribution in [2.24, 2.45) is 0 Å². The maximum Gasteiger partial charge on any atom is 0.0462 e. The normalized spacial score (nSPS) is 13.4. The summed E-state index contributed by atoms with van der Waals surface area (Å²) in [4.78, 5) is 2.19. The van der Waals surface area contributed by atoms with Crippen LogP contribution in [0.1, 0.15) is 29.2 Å². The Bertz CT molecular complexity index is 1010. The Morgan fingerprint density at radius 2 is 1.27 bits per heavy atom. The summed E-state index contributed by atoms with van der Waals surface area (Å²) in [5, 5.41) is 0. The molecule has 0 saturated heterocycles. The van der Waals surface area contributed by atoms with E-state index in [-0.39, 0.29) is 0 Å². The van der Waals surface area contributed by atoms with Crippen LogP contribution in [0.25, 0.3) is 22.4 Å². The van der Waals surface area contributed by atoms with Gasteiger partial charge in [0.05, 0.1) is 0 Å². The van der Waals surface area contributed by atoms with Crippen LogP contribution in [-0.2, 0) is 0 Å². The average Bonchev–Trinajstić information content (AvgIpc) is 2.65. The standard InChI is InChI=1S/C25H23N/c1-17-8-12-21(13-9-17)24-7-5-6-23-20(4)26(16-19(3)25(23)24)22-14-10-18(2)11-15-22/h5-16H,4H2,1-3H3. The summed E-state index contributed by atoms with van der Waals surface area (Å²) < 4.78 is 0. The lowest BCUT2D eigenvalue weighted by Gasteiger charge is -2.31. The predicted octanol–water partition coefficient (Wildman–Crippen LogP) is 6.82. The molecule has 0 bridgehead atoms. The summed E-state index contributed by atoms with van der Waals surface area (Å²) >= 11 is 0. The highest BCUT2D eigenvalue weighted by atomic mass is 15.1. The first kappa shape index (κ1) is 16.4. The van der Waals surface area contributed by atoms with Crippen LogP contribution in [0.3, 0.4) is 0 Å².